The number of halogens is 2. The Morgan fingerprint density at radius 2 is 2.21 bits per heavy atom. The van der Waals surface area contributed by atoms with Gasteiger partial charge in [-0.15, -0.1) is 11.3 Å². The third kappa shape index (κ3) is 2.39. The molecule has 0 aliphatic rings. The number of hydrogen-bond acceptors (Lipinski definition) is 3. The monoisotopic (exact) mass is 279 g/mol. The van der Waals surface area contributed by atoms with Gasteiger partial charge < -0.3 is 0 Å². The molecule has 1 atom stereocenters. The average Bonchev–Trinajstić information content (AvgIpc) is 2.43. The highest BCUT2D eigenvalue weighted by Crippen LogP contribution is 2.38. The molecule has 14 heavy (non-hydrogen) atoms. The maximum atomic E-state index is 13.5. The number of alkyl halides is 2. The number of carbonyl (C=O) groups is 1. The minimum atomic E-state index is -1.38. The van der Waals surface area contributed by atoms with Gasteiger partial charge in [-0.05, 0) is 20.8 Å². The predicted octanol–water partition coefficient (Wildman–Crippen LogP) is 3.45. The fourth-order valence-electron chi connectivity index (χ4n) is 0.941. The molecular formula is C9H11BrFNOS. The quantitative estimate of drug-likeness (QED) is 0.627. The number of carbonyl (C=O) groups excluding carboxylic acids is 1. The van der Waals surface area contributed by atoms with Crippen LogP contribution in [0.4, 0.5) is 4.39 Å². The first kappa shape index (κ1) is 11.8. The van der Waals surface area contributed by atoms with Crippen LogP contribution in [-0.4, -0.2) is 16.9 Å². The van der Waals surface area contributed by atoms with Gasteiger partial charge in [0.2, 0.25) is 0 Å². The molecule has 1 aromatic heterocycles. The third-order valence-electron chi connectivity index (χ3n) is 1.78. The Labute approximate surface area is 94.7 Å². The molecule has 0 radical (unpaired) electrons. The van der Waals surface area contributed by atoms with E-state index in [4.69, 9.17) is 0 Å². The summed E-state index contributed by atoms with van der Waals surface area (Å²) < 4.78 is 13.5. The maximum absolute atomic E-state index is 13.5. The van der Waals surface area contributed by atoms with Crippen LogP contribution in [0.5, 0.6) is 0 Å². The van der Waals surface area contributed by atoms with E-state index in [1.165, 1.54) is 25.2 Å². The summed E-state index contributed by atoms with van der Waals surface area (Å²) in [4.78, 5) is 14.8. The Morgan fingerprint density at radius 1 is 1.64 bits per heavy atom. The molecule has 0 saturated heterocycles. The first-order valence-corrected chi connectivity index (χ1v) is 5.85. The molecule has 78 valence electrons. The second kappa shape index (κ2) is 4.06. The lowest BCUT2D eigenvalue weighted by Gasteiger charge is -2.18. The Balaban J connectivity index is 3.03. The van der Waals surface area contributed by atoms with Crippen molar-refractivity contribution >= 4 is 33.6 Å². The van der Waals surface area contributed by atoms with Crippen LogP contribution in [0.25, 0.3) is 0 Å². The number of thiazole rings is 1. The second-order valence-corrected chi connectivity index (χ2v) is 5.52. The summed E-state index contributed by atoms with van der Waals surface area (Å²) >= 11 is 4.47. The standard InChI is InChI=1S/C9H11BrFNOS/c1-5-6(4-13)14-8(12-5)7(10)9(2,3)11/h4,7H,1-3H3. The zero-order valence-electron chi connectivity index (χ0n) is 8.17. The van der Waals surface area contributed by atoms with Gasteiger partial charge >= 0.3 is 0 Å². The lowest BCUT2D eigenvalue weighted by molar-refractivity contribution is 0.112. The highest BCUT2D eigenvalue weighted by atomic mass is 79.9. The van der Waals surface area contributed by atoms with Gasteiger partial charge in [-0.1, -0.05) is 15.9 Å². The van der Waals surface area contributed by atoms with Gasteiger partial charge in [0.15, 0.2) is 6.29 Å². The zero-order valence-corrected chi connectivity index (χ0v) is 10.6. The molecule has 0 aliphatic heterocycles. The molecule has 5 heteroatoms. The lowest BCUT2D eigenvalue weighted by Crippen LogP contribution is -2.18. The topological polar surface area (TPSA) is 30.0 Å². The van der Waals surface area contributed by atoms with Crippen LogP contribution in [0, 0.1) is 6.92 Å². The molecule has 0 N–H and O–H groups in total. The Bertz CT molecular complexity index is 345. The third-order valence-corrected chi connectivity index (χ3v) is 4.75. The van der Waals surface area contributed by atoms with Crippen LogP contribution in [0.2, 0.25) is 0 Å². The molecule has 0 saturated carbocycles. The Morgan fingerprint density at radius 3 is 2.57 bits per heavy atom. The maximum Gasteiger partial charge on any atom is 0.161 e. The first-order chi connectivity index (χ1) is 6.36. The van der Waals surface area contributed by atoms with Crippen LogP contribution in [0.1, 0.15) is 39.0 Å². The Kier molecular flexibility index (Phi) is 3.42. The molecule has 0 aliphatic carbocycles. The van der Waals surface area contributed by atoms with E-state index < -0.39 is 10.5 Å². The number of rotatable bonds is 3. The molecular weight excluding hydrogens is 269 g/mol. The summed E-state index contributed by atoms with van der Waals surface area (Å²) in [6.07, 6.45) is 0.751. The highest BCUT2D eigenvalue weighted by molar-refractivity contribution is 9.09. The van der Waals surface area contributed by atoms with E-state index in [2.05, 4.69) is 20.9 Å². The van der Waals surface area contributed by atoms with Crippen LogP contribution in [-0.2, 0) is 0 Å². The smallest absolute Gasteiger partial charge is 0.161 e. The van der Waals surface area contributed by atoms with Crippen LogP contribution in [0.3, 0.4) is 0 Å². The van der Waals surface area contributed by atoms with Crippen molar-refractivity contribution in [3.05, 3.63) is 15.6 Å². The molecule has 0 amide bonds. The largest absolute Gasteiger partial charge is 0.297 e. The lowest BCUT2D eigenvalue weighted by atomic mass is 10.1. The minimum Gasteiger partial charge on any atom is -0.297 e. The van der Waals surface area contributed by atoms with E-state index in [0.29, 0.717) is 15.6 Å². The van der Waals surface area contributed by atoms with Crippen molar-refractivity contribution in [3.8, 4) is 0 Å². The molecule has 1 heterocycles. The van der Waals surface area contributed by atoms with Crippen molar-refractivity contribution in [1.82, 2.24) is 4.98 Å². The van der Waals surface area contributed by atoms with Crippen molar-refractivity contribution < 1.29 is 9.18 Å². The van der Waals surface area contributed by atoms with Crippen molar-refractivity contribution in [2.45, 2.75) is 31.3 Å². The molecule has 1 rings (SSSR count). The van der Waals surface area contributed by atoms with Crippen LogP contribution >= 0.6 is 27.3 Å². The molecule has 0 bridgehead atoms. The van der Waals surface area contributed by atoms with Gasteiger partial charge in [-0.3, -0.25) is 4.79 Å². The number of aromatic nitrogens is 1. The molecule has 0 spiro atoms. The van der Waals surface area contributed by atoms with E-state index in [1.54, 1.807) is 6.92 Å². The number of hydrogen-bond donors (Lipinski definition) is 0. The fourth-order valence-corrected chi connectivity index (χ4v) is 2.36. The summed E-state index contributed by atoms with van der Waals surface area (Å²) in [7, 11) is 0. The van der Waals surface area contributed by atoms with Gasteiger partial charge in [0.05, 0.1) is 15.4 Å². The van der Waals surface area contributed by atoms with Crippen molar-refractivity contribution in [3.63, 3.8) is 0 Å². The molecule has 0 fully saturated rings. The molecule has 1 aromatic rings. The Hall–Kier alpha value is -0.290. The zero-order chi connectivity index (χ0) is 10.9. The van der Waals surface area contributed by atoms with E-state index in [0.717, 1.165) is 6.29 Å². The van der Waals surface area contributed by atoms with Crippen molar-refractivity contribution in [2.75, 3.05) is 0 Å². The number of aryl methyl sites for hydroxylation is 1. The van der Waals surface area contributed by atoms with Gasteiger partial charge in [0, 0.05) is 0 Å². The van der Waals surface area contributed by atoms with Crippen molar-refractivity contribution in [2.24, 2.45) is 0 Å². The molecule has 1 unspecified atom stereocenters. The summed E-state index contributed by atoms with van der Waals surface area (Å²) in [6, 6.07) is 0. The van der Waals surface area contributed by atoms with E-state index in [-0.39, 0.29) is 0 Å². The van der Waals surface area contributed by atoms with E-state index in [9.17, 15) is 9.18 Å². The molecule has 0 aromatic carbocycles. The molecule has 2 nitrogen and oxygen atoms in total. The number of nitrogens with zero attached hydrogens (tertiary/aromatic N) is 1. The van der Waals surface area contributed by atoms with Gasteiger partial charge in [-0.25, -0.2) is 9.37 Å². The average molecular weight is 280 g/mol. The second-order valence-electron chi connectivity index (χ2n) is 3.55. The summed E-state index contributed by atoms with van der Waals surface area (Å²) in [5.74, 6) is 0. The summed E-state index contributed by atoms with van der Waals surface area (Å²) in [5.41, 5.74) is -0.724. The fraction of sp³-hybridized carbons (Fsp3) is 0.556. The summed E-state index contributed by atoms with van der Waals surface area (Å²) in [5, 5.41) is 0.608. The predicted molar refractivity (Wildman–Crippen MR) is 59.1 cm³/mol. The highest BCUT2D eigenvalue weighted by Gasteiger charge is 2.31. The van der Waals surface area contributed by atoms with Gasteiger partial charge in [0.1, 0.15) is 10.7 Å². The number of aldehydes is 1. The van der Waals surface area contributed by atoms with Gasteiger partial charge in [0.25, 0.3) is 0 Å². The van der Waals surface area contributed by atoms with Gasteiger partial charge in [-0.2, -0.15) is 0 Å². The van der Waals surface area contributed by atoms with Crippen molar-refractivity contribution in [1.29, 1.82) is 0 Å². The van der Waals surface area contributed by atoms with Crippen LogP contribution in [0.15, 0.2) is 0 Å². The van der Waals surface area contributed by atoms with E-state index in [1.807, 2.05) is 0 Å². The van der Waals surface area contributed by atoms with E-state index >= 15 is 0 Å². The minimum absolute atomic E-state index is 0.465. The SMILES string of the molecule is Cc1nc(C(Br)C(C)(C)F)sc1C=O. The van der Waals surface area contributed by atoms with Crippen LogP contribution < -0.4 is 0 Å². The summed E-state index contributed by atoms with van der Waals surface area (Å²) in [6.45, 7) is 4.70. The first-order valence-electron chi connectivity index (χ1n) is 4.11. The normalized spacial score (nSPS) is 14.1.